The molecule has 1 N–H and O–H groups in total. The van der Waals surface area contributed by atoms with Crippen molar-refractivity contribution >= 4 is 11.9 Å². The van der Waals surface area contributed by atoms with E-state index in [1.807, 2.05) is 30.3 Å². The molecule has 152 valence electrons. The third-order valence-electron chi connectivity index (χ3n) is 4.67. The van der Waals surface area contributed by atoms with Gasteiger partial charge in [0.15, 0.2) is 0 Å². The van der Waals surface area contributed by atoms with Crippen molar-refractivity contribution in [3.63, 3.8) is 0 Å². The number of hydrogen-bond acceptors (Lipinski definition) is 3. The predicted octanol–water partition coefficient (Wildman–Crippen LogP) is 6.18. The topological polar surface area (TPSA) is 55.4 Å². The van der Waals surface area contributed by atoms with Crippen LogP contribution in [0.25, 0.3) is 0 Å². The Morgan fingerprint density at radius 2 is 1.41 bits per heavy atom. The van der Waals surface area contributed by atoms with Crippen molar-refractivity contribution in [1.82, 2.24) is 5.32 Å². The number of benzene rings is 1. The highest BCUT2D eigenvalue weighted by atomic mass is 16.5. The van der Waals surface area contributed by atoms with Crippen LogP contribution in [0.1, 0.15) is 89.5 Å². The van der Waals surface area contributed by atoms with Gasteiger partial charge in [0, 0.05) is 19.4 Å². The summed E-state index contributed by atoms with van der Waals surface area (Å²) in [5.74, 6) is 0.425. The van der Waals surface area contributed by atoms with Gasteiger partial charge in [-0.3, -0.25) is 4.79 Å². The molecule has 0 atom stereocenters. The van der Waals surface area contributed by atoms with Gasteiger partial charge in [0.1, 0.15) is 12.4 Å². The Morgan fingerprint density at radius 3 is 2.07 bits per heavy atom. The Bertz CT molecular complexity index is 502. The fraction of sp³-hybridized carbons (Fsp3) is 0.652. The molecule has 0 aliphatic rings. The second-order valence-corrected chi connectivity index (χ2v) is 7.21. The fourth-order valence-electron chi connectivity index (χ4n) is 2.99. The van der Waals surface area contributed by atoms with Gasteiger partial charge in [-0.2, -0.15) is 0 Å². The Morgan fingerprint density at radius 1 is 0.815 bits per heavy atom. The van der Waals surface area contributed by atoms with E-state index in [0.717, 1.165) is 56.9 Å². The molecule has 4 nitrogen and oxygen atoms in total. The summed E-state index contributed by atoms with van der Waals surface area (Å²) in [6.45, 7) is 3.16. The van der Waals surface area contributed by atoms with E-state index in [1.54, 1.807) is 0 Å². The molecule has 0 aromatic heterocycles. The lowest BCUT2D eigenvalue weighted by atomic mass is 10.0. The van der Waals surface area contributed by atoms with Gasteiger partial charge in [-0.1, -0.05) is 82.2 Å². The van der Waals surface area contributed by atoms with E-state index in [9.17, 15) is 9.59 Å². The number of carbonyl (C=O) groups is 2. The third-order valence-corrected chi connectivity index (χ3v) is 4.67. The van der Waals surface area contributed by atoms with Crippen molar-refractivity contribution in [3.05, 3.63) is 35.9 Å². The van der Waals surface area contributed by atoms with Crippen LogP contribution in [-0.2, 0) is 16.1 Å². The van der Waals surface area contributed by atoms with Crippen LogP contribution in [0.15, 0.2) is 30.3 Å². The number of hydrogen-bond donors (Lipinski definition) is 1. The van der Waals surface area contributed by atoms with Gasteiger partial charge in [-0.25, -0.2) is 4.79 Å². The van der Waals surface area contributed by atoms with Crippen molar-refractivity contribution in [1.29, 1.82) is 0 Å². The van der Waals surface area contributed by atoms with E-state index in [1.165, 1.54) is 25.7 Å². The van der Waals surface area contributed by atoms with E-state index in [2.05, 4.69) is 12.2 Å². The summed E-state index contributed by atoms with van der Waals surface area (Å²) in [6, 6.07) is 9.67. The lowest BCUT2D eigenvalue weighted by Gasteiger charge is -2.07. The zero-order valence-electron chi connectivity index (χ0n) is 17.0. The molecular formula is C23H37NO3. The number of alkyl carbamates (subject to hydrolysis) is 1. The molecule has 0 spiro atoms. The van der Waals surface area contributed by atoms with Gasteiger partial charge in [0.25, 0.3) is 0 Å². The molecule has 0 fully saturated rings. The van der Waals surface area contributed by atoms with Crippen molar-refractivity contribution < 1.29 is 14.3 Å². The minimum atomic E-state index is -0.358. The minimum absolute atomic E-state index is 0.305. The second-order valence-electron chi connectivity index (χ2n) is 7.21. The first kappa shape index (κ1) is 23.2. The maximum Gasteiger partial charge on any atom is 0.407 e. The SMILES string of the molecule is CCCCCCCC(=O)CCCCCCCNC(=O)OCc1ccccc1. The molecule has 0 saturated heterocycles. The van der Waals surface area contributed by atoms with E-state index in [0.29, 0.717) is 18.9 Å². The van der Waals surface area contributed by atoms with Crippen molar-refractivity contribution in [2.75, 3.05) is 6.54 Å². The van der Waals surface area contributed by atoms with Gasteiger partial charge >= 0.3 is 6.09 Å². The number of unbranched alkanes of at least 4 members (excludes halogenated alkanes) is 8. The standard InChI is InChI=1S/C23H37NO3/c1-2-3-4-6-12-17-22(25)18-13-7-5-8-14-19-24-23(26)27-20-21-15-10-9-11-16-21/h9-11,15-16H,2-8,12-14,17-20H2,1H3,(H,24,26). The first-order valence-corrected chi connectivity index (χ1v) is 10.7. The molecule has 1 aromatic carbocycles. The zero-order chi connectivity index (χ0) is 19.6. The normalized spacial score (nSPS) is 10.6. The summed E-state index contributed by atoms with van der Waals surface area (Å²) in [5.41, 5.74) is 0.989. The monoisotopic (exact) mass is 375 g/mol. The number of carbonyl (C=O) groups excluding carboxylic acids is 2. The quantitative estimate of drug-likeness (QED) is 0.351. The lowest BCUT2D eigenvalue weighted by Crippen LogP contribution is -2.25. The molecule has 0 saturated carbocycles. The minimum Gasteiger partial charge on any atom is -0.445 e. The summed E-state index contributed by atoms with van der Waals surface area (Å²) >= 11 is 0. The lowest BCUT2D eigenvalue weighted by molar-refractivity contribution is -0.119. The van der Waals surface area contributed by atoms with E-state index >= 15 is 0 Å². The summed E-state index contributed by atoms with van der Waals surface area (Å²) in [7, 11) is 0. The van der Waals surface area contributed by atoms with Gasteiger partial charge in [-0.15, -0.1) is 0 Å². The molecular weight excluding hydrogens is 338 g/mol. The Labute approximate surface area is 165 Å². The Hall–Kier alpha value is -1.84. The molecule has 0 aliphatic heterocycles. The van der Waals surface area contributed by atoms with Crippen LogP contribution in [0.2, 0.25) is 0 Å². The molecule has 0 radical (unpaired) electrons. The smallest absolute Gasteiger partial charge is 0.407 e. The van der Waals surface area contributed by atoms with Crippen LogP contribution >= 0.6 is 0 Å². The van der Waals surface area contributed by atoms with Crippen LogP contribution in [0.5, 0.6) is 0 Å². The number of Topliss-reactive ketones (excluding diaryl/α,β-unsaturated/α-hetero) is 1. The summed E-state index contributed by atoms with van der Waals surface area (Å²) in [6.07, 6.45) is 12.4. The van der Waals surface area contributed by atoms with E-state index < -0.39 is 0 Å². The van der Waals surface area contributed by atoms with Crippen LogP contribution in [0.4, 0.5) is 4.79 Å². The molecule has 4 heteroatoms. The van der Waals surface area contributed by atoms with E-state index in [4.69, 9.17) is 4.74 Å². The Kier molecular flexibility index (Phi) is 14.0. The molecule has 1 amide bonds. The van der Waals surface area contributed by atoms with Crippen LogP contribution < -0.4 is 5.32 Å². The van der Waals surface area contributed by atoms with Gasteiger partial charge in [0.05, 0.1) is 0 Å². The number of nitrogens with one attached hydrogen (secondary N) is 1. The zero-order valence-corrected chi connectivity index (χ0v) is 17.0. The number of ketones is 1. The number of rotatable bonds is 16. The molecule has 27 heavy (non-hydrogen) atoms. The van der Waals surface area contributed by atoms with Crippen LogP contribution in [0.3, 0.4) is 0 Å². The summed E-state index contributed by atoms with van der Waals surface area (Å²) in [4.78, 5) is 23.4. The molecule has 0 unspecified atom stereocenters. The first-order chi connectivity index (χ1) is 13.2. The molecule has 1 aromatic rings. The third kappa shape index (κ3) is 14.0. The number of ether oxygens (including phenoxy) is 1. The van der Waals surface area contributed by atoms with Crippen LogP contribution in [-0.4, -0.2) is 18.4 Å². The summed E-state index contributed by atoms with van der Waals surface area (Å²) < 4.78 is 5.17. The second kappa shape index (κ2) is 16.3. The van der Waals surface area contributed by atoms with Crippen molar-refractivity contribution in [2.45, 2.75) is 90.6 Å². The highest BCUT2D eigenvalue weighted by molar-refractivity contribution is 5.78. The Balaban J connectivity index is 1.85. The van der Waals surface area contributed by atoms with Gasteiger partial charge in [-0.05, 0) is 24.8 Å². The molecule has 0 aliphatic carbocycles. The maximum absolute atomic E-state index is 11.8. The summed E-state index contributed by atoms with van der Waals surface area (Å²) in [5, 5.41) is 2.78. The number of amides is 1. The highest BCUT2D eigenvalue weighted by Gasteiger charge is 2.03. The first-order valence-electron chi connectivity index (χ1n) is 10.7. The predicted molar refractivity (Wildman–Crippen MR) is 111 cm³/mol. The van der Waals surface area contributed by atoms with Crippen LogP contribution in [0, 0.1) is 0 Å². The maximum atomic E-state index is 11.8. The van der Waals surface area contributed by atoms with Gasteiger partial charge in [0.2, 0.25) is 0 Å². The molecule has 0 heterocycles. The fourth-order valence-corrected chi connectivity index (χ4v) is 2.99. The highest BCUT2D eigenvalue weighted by Crippen LogP contribution is 2.10. The molecule has 1 rings (SSSR count). The molecule has 0 bridgehead atoms. The van der Waals surface area contributed by atoms with Crippen molar-refractivity contribution in [2.24, 2.45) is 0 Å². The average Bonchev–Trinajstić information content (AvgIpc) is 2.69. The van der Waals surface area contributed by atoms with E-state index in [-0.39, 0.29) is 6.09 Å². The van der Waals surface area contributed by atoms with Crippen molar-refractivity contribution in [3.8, 4) is 0 Å². The largest absolute Gasteiger partial charge is 0.445 e. The van der Waals surface area contributed by atoms with Gasteiger partial charge < -0.3 is 10.1 Å². The average molecular weight is 376 g/mol.